The van der Waals surface area contributed by atoms with Gasteiger partial charge in [-0.05, 0) is 63.0 Å². The number of methoxy groups -OCH3 is 2. The summed E-state index contributed by atoms with van der Waals surface area (Å²) in [5.41, 5.74) is 0.776. The standard InChI is InChI=1S/C43H73N3O7/c1-26(2)33(24-36(48)39(27(3)4)44(11)29(7)8)43(51)45(12)40(28(5)6)37(52-13)25-38(49)46-22-18-21-34(46)42(53-14)31(10)35(47)23-30(9)41(50)32-19-16-15-17-20-32/h15-17,19-20,26-31,33-34,37,39-42,50H,18,21-25H2,1-14H3/t30-,31-,33-,34-,37+,39-,40-,41+,42+/m0/s1. The molecule has 0 unspecified atom stereocenters. The van der Waals surface area contributed by atoms with Crippen LogP contribution in [0, 0.1) is 35.5 Å². The van der Waals surface area contributed by atoms with Crippen molar-refractivity contribution in [3.63, 3.8) is 0 Å². The maximum Gasteiger partial charge on any atom is 0.226 e. The van der Waals surface area contributed by atoms with E-state index in [2.05, 4.69) is 18.7 Å². The molecule has 0 bridgehead atoms. The van der Waals surface area contributed by atoms with E-state index < -0.39 is 36.2 Å². The summed E-state index contributed by atoms with van der Waals surface area (Å²) in [6.45, 7) is 20.5. The minimum Gasteiger partial charge on any atom is -0.388 e. The Morgan fingerprint density at radius 2 is 1.42 bits per heavy atom. The number of carbonyl (C=O) groups is 4. The predicted octanol–water partition coefficient (Wildman–Crippen LogP) is 6.44. The lowest BCUT2D eigenvalue weighted by Crippen LogP contribution is -2.54. The number of carbonyl (C=O) groups excluding carboxylic acids is 4. The van der Waals surface area contributed by atoms with Crippen LogP contribution in [-0.2, 0) is 28.7 Å². The second-order valence-electron chi connectivity index (χ2n) is 16.9. The summed E-state index contributed by atoms with van der Waals surface area (Å²) in [6.07, 6.45) is 0.0479. The van der Waals surface area contributed by atoms with Crippen LogP contribution in [-0.4, -0.2) is 114 Å². The molecule has 9 atom stereocenters. The first-order valence-electron chi connectivity index (χ1n) is 19.9. The first kappa shape index (κ1) is 46.5. The van der Waals surface area contributed by atoms with Crippen molar-refractivity contribution in [1.82, 2.24) is 14.7 Å². The number of ketones is 2. The summed E-state index contributed by atoms with van der Waals surface area (Å²) in [6, 6.07) is 8.56. The topological polar surface area (TPSA) is 117 Å². The van der Waals surface area contributed by atoms with Crippen LogP contribution in [0.25, 0.3) is 0 Å². The number of hydrogen-bond donors (Lipinski definition) is 1. The largest absolute Gasteiger partial charge is 0.388 e. The number of ether oxygens (including phenoxy) is 2. The summed E-state index contributed by atoms with van der Waals surface area (Å²) in [5.74, 6) is -1.44. The number of likely N-dealkylation sites (tertiary alicyclic amines) is 1. The van der Waals surface area contributed by atoms with Gasteiger partial charge in [0.25, 0.3) is 0 Å². The third-order valence-corrected chi connectivity index (χ3v) is 11.8. The van der Waals surface area contributed by atoms with Crippen molar-refractivity contribution in [2.24, 2.45) is 35.5 Å². The molecule has 1 N–H and O–H groups in total. The Balaban J connectivity index is 2.23. The molecule has 1 aliphatic rings. The first-order chi connectivity index (χ1) is 24.8. The van der Waals surface area contributed by atoms with Crippen LogP contribution in [0.2, 0.25) is 0 Å². The van der Waals surface area contributed by atoms with Crippen molar-refractivity contribution in [3.8, 4) is 0 Å². The lowest BCUT2D eigenvalue weighted by Gasteiger charge is -2.40. The number of hydrogen-bond acceptors (Lipinski definition) is 8. The highest BCUT2D eigenvalue weighted by Crippen LogP contribution is 2.32. The van der Waals surface area contributed by atoms with Crippen LogP contribution in [0.5, 0.6) is 0 Å². The van der Waals surface area contributed by atoms with E-state index in [9.17, 15) is 24.3 Å². The van der Waals surface area contributed by atoms with Gasteiger partial charge in [0.1, 0.15) is 5.78 Å². The Morgan fingerprint density at radius 3 is 1.91 bits per heavy atom. The van der Waals surface area contributed by atoms with E-state index in [4.69, 9.17) is 9.47 Å². The average Bonchev–Trinajstić information content (AvgIpc) is 3.59. The van der Waals surface area contributed by atoms with Gasteiger partial charge in [-0.15, -0.1) is 0 Å². The highest BCUT2D eigenvalue weighted by atomic mass is 16.5. The molecule has 0 radical (unpaired) electrons. The van der Waals surface area contributed by atoms with E-state index in [0.717, 1.165) is 12.0 Å². The minimum atomic E-state index is -0.761. The van der Waals surface area contributed by atoms with Gasteiger partial charge in [-0.2, -0.15) is 0 Å². The molecule has 1 aromatic carbocycles. The fraction of sp³-hybridized carbons (Fsp3) is 0.767. The summed E-state index contributed by atoms with van der Waals surface area (Å²) >= 11 is 0. The zero-order valence-electron chi connectivity index (χ0n) is 35.4. The van der Waals surface area contributed by atoms with Crippen molar-refractivity contribution >= 4 is 23.4 Å². The van der Waals surface area contributed by atoms with Gasteiger partial charge in [-0.25, -0.2) is 0 Å². The van der Waals surface area contributed by atoms with Crippen molar-refractivity contribution in [1.29, 1.82) is 0 Å². The van der Waals surface area contributed by atoms with Gasteiger partial charge in [0.15, 0.2) is 5.78 Å². The highest BCUT2D eigenvalue weighted by Gasteiger charge is 2.43. The molecule has 10 heteroatoms. The van der Waals surface area contributed by atoms with E-state index in [1.807, 2.05) is 97.7 Å². The van der Waals surface area contributed by atoms with Crippen LogP contribution < -0.4 is 0 Å². The van der Waals surface area contributed by atoms with Crippen molar-refractivity contribution in [2.75, 3.05) is 34.9 Å². The molecular formula is C43H73N3O7. The zero-order valence-corrected chi connectivity index (χ0v) is 35.4. The minimum absolute atomic E-state index is 0.0119. The van der Waals surface area contributed by atoms with Crippen molar-refractivity contribution in [2.45, 2.75) is 144 Å². The van der Waals surface area contributed by atoms with E-state index in [1.165, 1.54) is 0 Å². The molecule has 0 saturated carbocycles. The van der Waals surface area contributed by atoms with Gasteiger partial charge in [0.05, 0.1) is 42.9 Å². The molecular weight excluding hydrogens is 670 g/mol. The predicted molar refractivity (Wildman–Crippen MR) is 211 cm³/mol. The van der Waals surface area contributed by atoms with E-state index in [0.29, 0.717) is 13.0 Å². The molecule has 0 spiro atoms. The molecule has 1 heterocycles. The van der Waals surface area contributed by atoms with E-state index >= 15 is 0 Å². The first-order valence-corrected chi connectivity index (χ1v) is 19.9. The van der Waals surface area contributed by atoms with Gasteiger partial charge in [-0.1, -0.05) is 85.7 Å². The average molecular weight is 744 g/mol. The number of rotatable bonds is 22. The summed E-state index contributed by atoms with van der Waals surface area (Å²) in [4.78, 5) is 61.4. The third-order valence-electron chi connectivity index (χ3n) is 11.8. The molecule has 302 valence electrons. The molecule has 1 fully saturated rings. The fourth-order valence-electron chi connectivity index (χ4n) is 8.42. The second kappa shape index (κ2) is 21.4. The molecule has 53 heavy (non-hydrogen) atoms. The zero-order chi connectivity index (χ0) is 40.3. The second-order valence-corrected chi connectivity index (χ2v) is 16.9. The summed E-state index contributed by atoms with van der Waals surface area (Å²) in [7, 11) is 6.91. The number of aliphatic hydroxyl groups excluding tert-OH is 1. The van der Waals surface area contributed by atoms with Crippen LogP contribution in [0.15, 0.2) is 30.3 Å². The summed E-state index contributed by atoms with van der Waals surface area (Å²) in [5, 5.41) is 10.9. The van der Waals surface area contributed by atoms with Gasteiger partial charge < -0.3 is 24.4 Å². The van der Waals surface area contributed by atoms with Gasteiger partial charge in [0.2, 0.25) is 11.8 Å². The van der Waals surface area contributed by atoms with Crippen LogP contribution in [0.1, 0.15) is 113 Å². The Kier molecular flexibility index (Phi) is 18.8. The third kappa shape index (κ3) is 12.2. The lowest BCUT2D eigenvalue weighted by molar-refractivity contribution is -0.149. The van der Waals surface area contributed by atoms with Crippen LogP contribution in [0.4, 0.5) is 0 Å². The number of Topliss-reactive ketones (excluding diaryl/α,β-unsaturated/α-hetero) is 2. The van der Waals surface area contributed by atoms with Crippen molar-refractivity contribution in [3.05, 3.63) is 35.9 Å². The molecule has 2 amide bonds. The Morgan fingerprint density at radius 1 is 0.811 bits per heavy atom. The highest BCUT2D eigenvalue weighted by molar-refractivity contribution is 5.90. The van der Waals surface area contributed by atoms with Crippen LogP contribution in [0.3, 0.4) is 0 Å². The summed E-state index contributed by atoms with van der Waals surface area (Å²) < 4.78 is 12.0. The van der Waals surface area contributed by atoms with Gasteiger partial charge in [-0.3, -0.25) is 24.1 Å². The van der Waals surface area contributed by atoms with Gasteiger partial charge in [0, 0.05) is 58.5 Å². The number of amides is 2. The van der Waals surface area contributed by atoms with Gasteiger partial charge >= 0.3 is 0 Å². The number of likely N-dealkylation sites (N-methyl/N-ethyl adjacent to an activating group) is 2. The fourth-order valence-corrected chi connectivity index (χ4v) is 8.42. The molecule has 1 saturated heterocycles. The molecule has 1 aliphatic heterocycles. The number of aliphatic hydroxyl groups is 1. The molecule has 2 rings (SSSR count). The maximum absolute atomic E-state index is 14.3. The smallest absolute Gasteiger partial charge is 0.226 e. The number of nitrogens with zero attached hydrogens (tertiary/aromatic N) is 3. The number of benzene rings is 1. The van der Waals surface area contributed by atoms with E-state index in [1.54, 1.807) is 26.2 Å². The Labute approximate surface area is 321 Å². The monoisotopic (exact) mass is 744 g/mol. The quantitative estimate of drug-likeness (QED) is 0.144. The maximum atomic E-state index is 14.3. The lowest BCUT2D eigenvalue weighted by atomic mass is 9.83. The van der Waals surface area contributed by atoms with Crippen molar-refractivity contribution < 1.29 is 33.8 Å². The SMILES string of the molecule is CO[C@H]([C@@H](C)C(=O)C[C@H](C)[C@@H](O)c1ccccc1)[C@@H]1CCCN1C(=O)C[C@@H](OC)[C@H](C(C)C)N(C)C(=O)[C@@H](CC(=O)[C@H](C(C)C)N(C)C(C)C)C(C)C. The van der Waals surface area contributed by atoms with Crippen LogP contribution >= 0.6 is 0 Å². The Bertz CT molecular complexity index is 1300. The molecule has 1 aromatic rings. The molecule has 10 nitrogen and oxygen atoms in total. The molecule has 0 aliphatic carbocycles. The normalized spacial score (nSPS) is 19.7. The van der Waals surface area contributed by atoms with E-state index in [-0.39, 0.29) is 84.4 Å². The molecule has 0 aromatic heterocycles. The Hall–Kier alpha value is -2.66.